The number of carbonyl (C=O) groups excluding carboxylic acids is 2. The third kappa shape index (κ3) is 3.50. The lowest BCUT2D eigenvalue weighted by atomic mass is 9.89. The molecule has 1 heterocycles. The highest BCUT2D eigenvalue weighted by Crippen LogP contribution is 2.29. The van der Waals surface area contributed by atoms with Crippen LogP contribution < -0.4 is 11.1 Å². The molecule has 0 radical (unpaired) electrons. The maximum atomic E-state index is 11.9. The molecule has 17 heavy (non-hydrogen) atoms. The van der Waals surface area contributed by atoms with Gasteiger partial charge in [0, 0.05) is 13.1 Å². The number of alkyl halides is 3. The molecule has 5 nitrogen and oxygen atoms in total. The number of primary amides is 1. The number of urea groups is 1. The molecule has 3 amide bonds. The summed E-state index contributed by atoms with van der Waals surface area (Å²) in [5.74, 6) is -0.552. The van der Waals surface area contributed by atoms with Crippen LogP contribution in [-0.4, -0.2) is 42.6 Å². The van der Waals surface area contributed by atoms with E-state index in [-0.39, 0.29) is 13.1 Å². The fraction of sp³-hybridized carbons (Fsp3) is 0.778. The van der Waals surface area contributed by atoms with E-state index in [1.807, 2.05) is 0 Å². The second kappa shape index (κ2) is 4.42. The minimum atomic E-state index is -4.44. The van der Waals surface area contributed by atoms with Crippen LogP contribution >= 0.6 is 0 Å². The Labute approximate surface area is 96.1 Å². The number of nitrogens with one attached hydrogen (secondary N) is 1. The highest BCUT2D eigenvalue weighted by Gasteiger charge is 2.41. The van der Waals surface area contributed by atoms with E-state index in [9.17, 15) is 22.8 Å². The minimum absolute atomic E-state index is 0.0476. The van der Waals surface area contributed by atoms with Crippen molar-refractivity contribution in [3.63, 3.8) is 0 Å². The van der Waals surface area contributed by atoms with E-state index in [1.54, 1.807) is 12.2 Å². The van der Waals surface area contributed by atoms with E-state index in [0.29, 0.717) is 6.42 Å². The number of amides is 3. The SMILES string of the molecule is CC1(C(N)=O)CCN(C(=O)NCC(F)(F)F)C1. The molecule has 0 spiro atoms. The zero-order valence-corrected chi connectivity index (χ0v) is 9.30. The Kier molecular flexibility index (Phi) is 3.53. The summed E-state index contributed by atoms with van der Waals surface area (Å²) in [6.45, 7) is 0.483. The summed E-state index contributed by atoms with van der Waals surface area (Å²) in [7, 11) is 0. The van der Waals surface area contributed by atoms with Crippen molar-refractivity contribution in [1.29, 1.82) is 0 Å². The number of nitrogens with two attached hydrogens (primary N) is 1. The lowest BCUT2D eigenvalue weighted by molar-refractivity contribution is -0.126. The Balaban J connectivity index is 2.49. The molecule has 0 aliphatic carbocycles. The van der Waals surface area contributed by atoms with E-state index in [4.69, 9.17) is 5.73 Å². The molecule has 0 saturated carbocycles. The fourth-order valence-electron chi connectivity index (χ4n) is 1.62. The van der Waals surface area contributed by atoms with Gasteiger partial charge in [0.25, 0.3) is 0 Å². The molecule has 0 aromatic heterocycles. The second-order valence-electron chi connectivity index (χ2n) is 4.37. The van der Waals surface area contributed by atoms with Gasteiger partial charge in [0.2, 0.25) is 5.91 Å². The van der Waals surface area contributed by atoms with Crippen LogP contribution in [0.3, 0.4) is 0 Å². The third-order valence-corrected chi connectivity index (χ3v) is 2.80. The molecular weight excluding hydrogens is 239 g/mol. The second-order valence-corrected chi connectivity index (χ2v) is 4.37. The van der Waals surface area contributed by atoms with Crippen LogP contribution in [0.5, 0.6) is 0 Å². The van der Waals surface area contributed by atoms with Gasteiger partial charge in [0.15, 0.2) is 0 Å². The standard InChI is InChI=1S/C9H14F3N3O2/c1-8(6(13)16)2-3-15(5-8)7(17)14-4-9(10,11)12/h2-5H2,1H3,(H2,13,16)(H,14,17). The van der Waals surface area contributed by atoms with Crippen molar-refractivity contribution in [2.75, 3.05) is 19.6 Å². The predicted molar refractivity (Wildman–Crippen MR) is 52.9 cm³/mol. The van der Waals surface area contributed by atoms with E-state index >= 15 is 0 Å². The van der Waals surface area contributed by atoms with Crippen molar-refractivity contribution in [3.05, 3.63) is 0 Å². The number of nitrogens with zero attached hydrogens (tertiary/aromatic N) is 1. The first-order chi connectivity index (χ1) is 7.64. The largest absolute Gasteiger partial charge is 0.405 e. The molecule has 1 rings (SSSR count). The van der Waals surface area contributed by atoms with Crippen LogP contribution in [0, 0.1) is 5.41 Å². The topological polar surface area (TPSA) is 75.4 Å². The number of hydrogen-bond donors (Lipinski definition) is 2. The fourth-order valence-corrected chi connectivity index (χ4v) is 1.62. The van der Waals surface area contributed by atoms with Gasteiger partial charge in [-0.2, -0.15) is 13.2 Å². The summed E-state index contributed by atoms with van der Waals surface area (Å²) in [6.07, 6.45) is -4.08. The van der Waals surface area contributed by atoms with Crippen molar-refractivity contribution in [1.82, 2.24) is 10.2 Å². The lowest BCUT2D eigenvalue weighted by Gasteiger charge is -2.21. The average molecular weight is 253 g/mol. The lowest BCUT2D eigenvalue weighted by Crippen LogP contribution is -2.44. The number of halogens is 3. The van der Waals surface area contributed by atoms with Crippen LogP contribution in [-0.2, 0) is 4.79 Å². The van der Waals surface area contributed by atoms with Crippen molar-refractivity contribution in [2.45, 2.75) is 19.5 Å². The van der Waals surface area contributed by atoms with Crippen LogP contribution in [0.25, 0.3) is 0 Å². The maximum Gasteiger partial charge on any atom is 0.405 e. The smallest absolute Gasteiger partial charge is 0.369 e. The van der Waals surface area contributed by atoms with Crippen LogP contribution in [0.1, 0.15) is 13.3 Å². The van der Waals surface area contributed by atoms with Gasteiger partial charge in [-0.3, -0.25) is 4.79 Å². The summed E-state index contributed by atoms with van der Waals surface area (Å²) in [6, 6.07) is -0.827. The average Bonchev–Trinajstić information content (AvgIpc) is 2.58. The molecule has 0 bridgehead atoms. The quantitative estimate of drug-likeness (QED) is 0.750. The molecule has 1 aliphatic rings. The minimum Gasteiger partial charge on any atom is -0.369 e. The molecule has 1 unspecified atom stereocenters. The van der Waals surface area contributed by atoms with Gasteiger partial charge in [0.05, 0.1) is 5.41 Å². The number of carbonyl (C=O) groups is 2. The van der Waals surface area contributed by atoms with Gasteiger partial charge in [-0.15, -0.1) is 0 Å². The molecule has 0 aromatic rings. The molecular formula is C9H14F3N3O2. The summed E-state index contributed by atoms with van der Waals surface area (Å²) >= 11 is 0. The molecule has 3 N–H and O–H groups in total. The van der Waals surface area contributed by atoms with E-state index < -0.39 is 30.1 Å². The predicted octanol–water partition coefficient (Wildman–Crippen LogP) is 0.456. The van der Waals surface area contributed by atoms with Gasteiger partial charge in [-0.25, -0.2) is 4.79 Å². The molecule has 1 aliphatic heterocycles. The Morgan fingerprint density at radius 2 is 2.06 bits per heavy atom. The highest BCUT2D eigenvalue weighted by atomic mass is 19.4. The molecule has 1 atom stereocenters. The zero-order chi connectivity index (χ0) is 13.3. The first-order valence-corrected chi connectivity index (χ1v) is 5.03. The highest BCUT2D eigenvalue weighted by molar-refractivity contribution is 5.83. The summed E-state index contributed by atoms with van der Waals surface area (Å²) in [5.41, 5.74) is 4.31. The van der Waals surface area contributed by atoms with Crippen molar-refractivity contribution in [2.24, 2.45) is 11.1 Å². The monoisotopic (exact) mass is 253 g/mol. The zero-order valence-electron chi connectivity index (χ0n) is 9.30. The van der Waals surface area contributed by atoms with Crippen LogP contribution in [0.2, 0.25) is 0 Å². The van der Waals surface area contributed by atoms with Gasteiger partial charge >= 0.3 is 12.2 Å². The first kappa shape index (κ1) is 13.6. The van der Waals surface area contributed by atoms with Crippen LogP contribution in [0.15, 0.2) is 0 Å². The van der Waals surface area contributed by atoms with Gasteiger partial charge in [0.1, 0.15) is 6.54 Å². The van der Waals surface area contributed by atoms with Crippen LogP contribution in [0.4, 0.5) is 18.0 Å². The molecule has 8 heteroatoms. The molecule has 1 fully saturated rings. The molecule has 0 aromatic carbocycles. The van der Waals surface area contributed by atoms with Crippen molar-refractivity contribution >= 4 is 11.9 Å². The summed E-state index contributed by atoms with van der Waals surface area (Å²) < 4.78 is 35.6. The maximum absolute atomic E-state index is 11.9. The Morgan fingerprint density at radius 3 is 2.47 bits per heavy atom. The van der Waals surface area contributed by atoms with E-state index in [2.05, 4.69) is 0 Å². The Bertz CT molecular complexity index is 332. The summed E-state index contributed by atoms with van der Waals surface area (Å²) in [4.78, 5) is 23.6. The van der Waals surface area contributed by atoms with E-state index in [1.165, 1.54) is 0 Å². The number of likely N-dealkylation sites (tertiary alicyclic amines) is 1. The third-order valence-electron chi connectivity index (χ3n) is 2.80. The Hall–Kier alpha value is -1.47. The van der Waals surface area contributed by atoms with Gasteiger partial charge in [-0.05, 0) is 13.3 Å². The van der Waals surface area contributed by atoms with Crippen molar-refractivity contribution < 1.29 is 22.8 Å². The Morgan fingerprint density at radius 1 is 1.47 bits per heavy atom. The van der Waals surface area contributed by atoms with Crippen molar-refractivity contribution in [3.8, 4) is 0 Å². The number of rotatable bonds is 2. The molecule has 98 valence electrons. The normalized spacial score (nSPS) is 24.8. The summed E-state index contributed by atoms with van der Waals surface area (Å²) in [5, 5.41) is 1.75. The molecule has 1 saturated heterocycles. The van der Waals surface area contributed by atoms with E-state index in [0.717, 1.165) is 4.90 Å². The van der Waals surface area contributed by atoms with Gasteiger partial charge in [-0.1, -0.05) is 0 Å². The first-order valence-electron chi connectivity index (χ1n) is 5.03. The van der Waals surface area contributed by atoms with Gasteiger partial charge < -0.3 is 16.0 Å². The number of hydrogen-bond acceptors (Lipinski definition) is 2.